The molecule has 19 heavy (non-hydrogen) atoms. The van der Waals surface area contributed by atoms with Gasteiger partial charge in [0, 0.05) is 12.1 Å². The van der Waals surface area contributed by atoms with Crippen LogP contribution >= 0.6 is 0 Å². The molecule has 2 rings (SSSR count). The lowest BCUT2D eigenvalue weighted by atomic mass is 9.52. The van der Waals surface area contributed by atoms with Crippen molar-refractivity contribution in [1.82, 2.24) is 0 Å². The number of methoxy groups -OCH3 is 2. The fraction of sp³-hybridized carbons (Fsp3) is 0.625. The Hall–Kier alpha value is -1.22. The summed E-state index contributed by atoms with van der Waals surface area (Å²) in [6, 6.07) is 6.42. The molecule has 2 unspecified atom stereocenters. The van der Waals surface area contributed by atoms with Gasteiger partial charge in [0.15, 0.2) is 0 Å². The van der Waals surface area contributed by atoms with E-state index in [4.69, 9.17) is 15.2 Å². The van der Waals surface area contributed by atoms with E-state index in [-0.39, 0.29) is 5.41 Å². The summed E-state index contributed by atoms with van der Waals surface area (Å²) in [5, 5.41) is 0. The van der Waals surface area contributed by atoms with Crippen LogP contribution in [0.5, 0.6) is 11.5 Å². The average molecular weight is 263 g/mol. The van der Waals surface area contributed by atoms with E-state index in [0.29, 0.717) is 12.0 Å². The van der Waals surface area contributed by atoms with Crippen LogP contribution in [0.2, 0.25) is 0 Å². The summed E-state index contributed by atoms with van der Waals surface area (Å²) < 4.78 is 10.8. The topological polar surface area (TPSA) is 44.5 Å². The molecule has 0 spiro atoms. The summed E-state index contributed by atoms with van der Waals surface area (Å²) in [5.41, 5.74) is 7.78. The van der Waals surface area contributed by atoms with Gasteiger partial charge in [0.1, 0.15) is 11.5 Å². The molecule has 106 valence electrons. The van der Waals surface area contributed by atoms with Gasteiger partial charge in [0.25, 0.3) is 0 Å². The third kappa shape index (κ3) is 2.10. The van der Waals surface area contributed by atoms with E-state index in [2.05, 4.69) is 19.9 Å². The van der Waals surface area contributed by atoms with E-state index >= 15 is 0 Å². The highest BCUT2D eigenvalue weighted by atomic mass is 16.5. The molecule has 1 saturated carbocycles. The number of ether oxygens (including phenoxy) is 2. The lowest BCUT2D eigenvalue weighted by Gasteiger charge is -2.55. The van der Waals surface area contributed by atoms with Gasteiger partial charge in [-0.1, -0.05) is 19.9 Å². The standard InChI is InChI=1S/C16H25NO2/c1-5-16(6-2)13(10-15(16)17)12-8-7-11(18-3)9-14(12)19-4/h7-9,13,15H,5-6,10,17H2,1-4H3. The van der Waals surface area contributed by atoms with Crippen LogP contribution in [0.3, 0.4) is 0 Å². The fourth-order valence-electron chi connectivity index (χ4n) is 3.63. The van der Waals surface area contributed by atoms with E-state index in [1.807, 2.05) is 12.1 Å². The molecule has 1 aliphatic rings. The van der Waals surface area contributed by atoms with Gasteiger partial charge in [0.2, 0.25) is 0 Å². The molecule has 1 aromatic rings. The molecule has 0 heterocycles. The normalized spacial score (nSPS) is 24.7. The second-order valence-corrected chi connectivity index (χ2v) is 5.44. The van der Waals surface area contributed by atoms with Crippen molar-refractivity contribution in [2.75, 3.05) is 14.2 Å². The second-order valence-electron chi connectivity index (χ2n) is 5.44. The first-order valence-corrected chi connectivity index (χ1v) is 7.10. The Morgan fingerprint density at radius 1 is 1.21 bits per heavy atom. The van der Waals surface area contributed by atoms with Gasteiger partial charge >= 0.3 is 0 Å². The minimum absolute atomic E-state index is 0.224. The highest BCUT2D eigenvalue weighted by Gasteiger charge is 2.51. The number of nitrogens with two attached hydrogens (primary N) is 1. The van der Waals surface area contributed by atoms with Crippen LogP contribution in [0, 0.1) is 5.41 Å². The molecule has 1 fully saturated rings. The van der Waals surface area contributed by atoms with Crippen molar-refractivity contribution < 1.29 is 9.47 Å². The zero-order valence-electron chi connectivity index (χ0n) is 12.4. The van der Waals surface area contributed by atoms with Gasteiger partial charge in [-0.25, -0.2) is 0 Å². The molecule has 2 N–H and O–H groups in total. The SMILES string of the molecule is CCC1(CC)C(N)CC1c1ccc(OC)cc1OC. The molecule has 0 bridgehead atoms. The Morgan fingerprint density at radius 3 is 2.37 bits per heavy atom. The van der Waals surface area contributed by atoms with Crippen LogP contribution in [0.25, 0.3) is 0 Å². The van der Waals surface area contributed by atoms with Crippen molar-refractivity contribution in [3.05, 3.63) is 23.8 Å². The summed E-state index contributed by atoms with van der Waals surface area (Å²) in [5.74, 6) is 2.25. The van der Waals surface area contributed by atoms with Gasteiger partial charge < -0.3 is 15.2 Å². The van der Waals surface area contributed by atoms with Gasteiger partial charge in [-0.05, 0) is 42.2 Å². The summed E-state index contributed by atoms with van der Waals surface area (Å²) in [6.45, 7) is 4.48. The Bertz CT molecular complexity index is 440. The van der Waals surface area contributed by atoms with Crippen LogP contribution < -0.4 is 15.2 Å². The minimum atomic E-state index is 0.224. The summed E-state index contributed by atoms with van der Waals surface area (Å²) >= 11 is 0. The summed E-state index contributed by atoms with van der Waals surface area (Å²) in [6.07, 6.45) is 3.28. The highest BCUT2D eigenvalue weighted by Crippen LogP contribution is 2.58. The predicted octanol–water partition coefficient (Wildman–Crippen LogP) is 3.32. The molecule has 1 aromatic carbocycles. The zero-order valence-corrected chi connectivity index (χ0v) is 12.4. The first kappa shape index (κ1) is 14.2. The van der Waals surface area contributed by atoms with Crippen molar-refractivity contribution in [3.8, 4) is 11.5 Å². The first-order chi connectivity index (χ1) is 9.12. The zero-order chi connectivity index (χ0) is 14.0. The molecule has 0 saturated heterocycles. The average Bonchev–Trinajstić information content (AvgIpc) is 2.45. The van der Waals surface area contributed by atoms with Crippen LogP contribution in [0.4, 0.5) is 0 Å². The molecule has 3 nitrogen and oxygen atoms in total. The molecular weight excluding hydrogens is 238 g/mol. The molecule has 3 heteroatoms. The first-order valence-electron chi connectivity index (χ1n) is 7.10. The third-order valence-corrected chi connectivity index (χ3v) is 5.05. The predicted molar refractivity (Wildman–Crippen MR) is 77.9 cm³/mol. The maximum Gasteiger partial charge on any atom is 0.126 e. The summed E-state index contributed by atoms with van der Waals surface area (Å²) in [4.78, 5) is 0. The minimum Gasteiger partial charge on any atom is -0.497 e. The van der Waals surface area contributed by atoms with Gasteiger partial charge in [-0.3, -0.25) is 0 Å². The number of hydrogen-bond donors (Lipinski definition) is 1. The van der Waals surface area contributed by atoms with Gasteiger partial charge in [0.05, 0.1) is 14.2 Å². The van der Waals surface area contributed by atoms with Crippen molar-refractivity contribution in [2.24, 2.45) is 11.1 Å². The van der Waals surface area contributed by atoms with Crippen LogP contribution in [0.15, 0.2) is 18.2 Å². The lowest BCUT2D eigenvalue weighted by Crippen LogP contribution is -2.55. The molecular formula is C16H25NO2. The van der Waals surface area contributed by atoms with Crippen molar-refractivity contribution >= 4 is 0 Å². The molecule has 0 aromatic heterocycles. The lowest BCUT2D eigenvalue weighted by molar-refractivity contribution is 0.0424. The highest BCUT2D eigenvalue weighted by molar-refractivity contribution is 5.45. The van der Waals surface area contributed by atoms with E-state index in [9.17, 15) is 0 Å². The second kappa shape index (κ2) is 5.41. The van der Waals surface area contributed by atoms with E-state index in [0.717, 1.165) is 30.8 Å². The Balaban J connectivity index is 2.37. The number of benzene rings is 1. The molecule has 2 atom stereocenters. The summed E-state index contributed by atoms with van der Waals surface area (Å²) in [7, 11) is 3.40. The molecule has 1 aliphatic carbocycles. The Labute approximate surface area is 116 Å². The Morgan fingerprint density at radius 2 is 1.89 bits per heavy atom. The third-order valence-electron chi connectivity index (χ3n) is 5.05. The van der Waals surface area contributed by atoms with Crippen molar-refractivity contribution in [1.29, 1.82) is 0 Å². The monoisotopic (exact) mass is 263 g/mol. The van der Waals surface area contributed by atoms with E-state index < -0.39 is 0 Å². The van der Waals surface area contributed by atoms with Crippen molar-refractivity contribution in [3.63, 3.8) is 0 Å². The van der Waals surface area contributed by atoms with E-state index in [1.165, 1.54) is 5.56 Å². The smallest absolute Gasteiger partial charge is 0.126 e. The molecule has 0 amide bonds. The maximum absolute atomic E-state index is 6.29. The number of hydrogen-bond acceptors (Lipinski definition) is 3. The number of rotatable bonds is 5. The quantitative estimate of drug-likeness (QED) is 0.886. The van der Waals surface area contributed by atoms with E-state index in [1.54, 1.807) is 14.2 Å². The fourth-order valence-corrected chi connectivity index (χ4v) is 3.63. The van der Waals surface area contributed by atoms with Crippen LogP contribution in [-0.4, -0.2) is 20.3 Å². The Kier molecular flexibility index (Phi) is 4.04. The van der Waals surface area contributed by atoms with Crippen LogP contribution in [-0.2, 0) is 0 Å². The molecule has 0 aliphatic heterocycles. The van der Waals surface area contributed by atoms with Crippen LogP contribution in [0.1, 0.15) is 44.6 Å². The van der Waals surface area contributed by atoms with Gasteiger partial charge in [-0.15, -0.1) is 0 Å². The molecule has 0 radical (unpaired) electrons. The van der Waals surface area contributed by atoms with Crippen molar-refractivity contribution in [2.45, 2.75) is 45.1 Å². The van der Waals surface area contributed by atoms with Gasteiger partial charge in [-0.2, -0.15) is 0 Å². The maximum atomic E-state index is 6.29. The largest absolute Gasteiger partial charge is 0.497 e.